The van der Waals surface area contributed by atoms with Gasteiger partial charge in [0.15, 0.2) is 0 Å². The van der Waals surface area contributed by atoms with Gasteiger partial charge in [-0.15, -0.1) is 0 Å². The number of rotatable bonds is 8. The molecule has 0 saturated heterocycles. The maximum absolute atomic E-state index is 3.49. The Kier molecular flexibility index (Phi) is 6.95. The molecular formula is C16H27N. The van der Waals surface area contributed by atoms with Crippen LogP contribution in [-0.4, -0.2) is 13.1 Å². The van der Waals surface area contributed by atoms with Crippen LogP contribution in [0.3, 0.4) is 0 Å². The Bertz CT molecular complexity index is 289. The topological polar surface area (TPSA) is 12.0 Å². The summed E-state index contributed by atoms with van der Waals surface area (Å²) >= 11 is 0. The Morgan fingerprint density at radius 2 is 1.76 bits per heavy atom. The van der Waals surface area contributed by atoms with Gasteiger partial charge in [-0.2, -0.15) is 0 Å². The van der Waals surface area contributed by atoms with Gasteiger partial charge in [0.05, 0.1) is 0 Å². The van der Waals surface area contributed by atoms with Gasteiger partial charge < -0.3 is 5.32 Å². The van der Waals surface area contributed by atoms with Gasteiger partial charge in [0.2, 0.25) is 0 Å². The summed E-state index contributed by atoms with van der Waals surface area (Å²) in [5.74, 6) is 0.682. The lowest BCUT2D eigenvalue weighted by Crippen LogP contribution is -2.21. The van der Waals surface area contributed by atoms with E-state index in [2.05, 4.69) is 50.4 Å². The van der Waals surface area contributed by atoms with Gasteiger partial charge in [-0.1, -0.05) is 62.9 Å². The number of hydrogen-bond acceptors (Lipinski definition) is 1. The Labute approximate surface area is 107 Å². The first kappa shape index (κ1) is 14.2. The molecular weight excluding hydrogens is 206 g/mol. The van der Waals surface area contributed by atoms with Gasteiger partial charge in [-0.05, 0) is 31.4 Å². The summed E-state index contributed by atoms with van der Waals surface area (Å²) in [5, 5.41) is 3.49. The van der Waals surface area contributed by atoms with Crippen molar-refractivity contribution >= 4 is 0 Å². The largest absolute Gasteiger partial charge is 0.316 e. The Balaban J connectivity index is 2.57. The third-order valence-corrected chi connectivity index (χ3v) is 3.35. The van der Waals surface area contributed by atoms with Gasteiger partial charge in [-0.3, -0.25) is 0 Å². The van der Waals surface area contributed by atoms with Crippen LogP contribution >= 0.6 is 0 Å². The minimum absolute atomic E-state index is 0.682. The molecule has 0 saturated carbocycles. The Morgan fingerprint density at radius 3 is 2.35 bits per heavy atom. The van der Waals surface area contributed by atoms with Crippen molar-refractivity contribution in [2.45, 2.75) is 52.4 Å². The average Bonchev–Trinajstić information content (AvgIpc) is 2.35. The van der Waals surface area contributed by atoms with E-state index in [9.17, 15) is 0 Å². The summed E-state index contributed by atoms with van der Waals surface area (Å²) in [6, 6.07) is 9.05. The molecule has 17 heavy (non-hydrogen) atoms. The summed E-state index contributed by atoms with van der Waals surface area (Å²) in [6.07, 6.45) is 5.32. The van der Waals surface area contributed by atoms with E-state index in [1.165, 1.54) is 36.8 Å². The number of unbranched alkanes of at least 4 members (excludes halogenated alkanes) is 2. The fourth-order valence-corrected chi connectivity index (χ4v) is 2.18. The fraction of sp³-hybridized carbons (Fsp3) is 0.625. The first-order valence-corrected chi connectivity index (χ1v) is 7.05. The molecule has 1 rings (SSSR count). The van der Waals surface area contributed by atoms with Gasteiger partial charge in [-0.25, -0.2) is 0 Å². The standard InChI is InChI=1S/C16H27N/c1-4-6-7-8-16(13-17-5-2)15-11-9-14(3)10-12-15/h9-12,16-17H,4-8,13H2,1-3H3. The van der Waals surface area contributed by atoms with Crippen LogP contribution < -0.4 is 5.32 Å². The van der Waals surface area contributed by atoms with Crippen LogP contribution in [0.5, 0.6) is 0 Å². The van der Waals surface area contributed by atoms with E-state index >= 15 is 0 Å². The number of nitrogens with one attached hydrogen (secondary N) is 1. The lowest BCUT2D eigenvalue weighted by molar-refractivity contribution is 0.527. The summed E-state index contributed by atoms with van der Waals surface area (Å²) in [4.78, 5) is 0. The minimum atomic E-state index is 0.682. The van der Waals surface area contributed by atoms with Gasteiger partial charge >= 0.3 is 0 Å². The van der Waals surface area contributed by atoms with Crippen molar-refractivity contribution in [1.29, 1.82) is 0 Å². The number of benzene rings is 1. The Morgan fingerprint density at radius 1 is 1.06 bits per heavy atom. The van der Waals surface area contributed by atoms with E-state index < -0.39 is 0 Å². The molecule has 0 aliphatic rings. The number of aryl methyl sites for hydroxylation is 1. The highest BCUT2D eigenvalue weighted by Gasteiger charge is 2.10. The van der Waals surface area contributed by atoms with Crippen LogP contribution in [0.2, 0.25) is 0 Å². The van der Waals surface area contributed by atoms with Crippen molar-refractivity contribution in [3.8, 4) is 0 Å². The highest BCUT2D eigenvalue weighted by Crippen LogP contribution is 2.22. The lowest BCUT2D eigenvalue weighted by atomic mass is 9.92. The molecule has 0 spiro atoms. The van der Waals surface area contributed by atoms with Gasteiger partial charge in [0.25, 0.3) is 0 Å². The molecule has 1 unspecified atom stereocenters. The van der Waals surface area contributed by atoms with E-state index in [4.69, 9.17) is 0 Å². The van der Waals surface area contributed by atoms with Crippen molar-refractivity contribution in [3.63, 3.8) is 0 Å². The van der Waals surface area contributed by atoms with Gasteiger partial charge in [0.1, 0.15) is 0 Å². The smallest absolute Gasteiger partial charge is 0.00200 e. The zero-order valence-corrected chi connectivity index (χ0v) is 11.6. The minimum Gasteiger partial charge on any atom is -0.316 e. The van der Waals surface area contributed by atoms with E-state index in [0.717, 1.165) is 13.1 Å². The molecule has 0 heterocycles. The molecule has 0 aromatic heterocycles. The molecule has 0 aliphatic heterocycles. The summed E-state index contributed by atoms with van der Waals surface area (Å²) in [7, 11) is 0. The predicted octanol–water partition coefficient (Wildman–Crippen LogP) is 4.27. The van der Waals surface area contributed by atoms with Crippen molar-refractivity contribution in [1.82, 2.24) is 5.32 Å². The molecule has 0 aliphatic carbocycles. The van der Waals surface area contributed by atoms with Crippen LogP contribution in [0.4, 0.5) is 0 Å². The first-order chi connectivity index (χ1) is 8.27. The van der Waals surface area contributed by atoms with Crippen molar-refractivity contribution < 1.29 is 0 Å². The van der Waals surface area contributed by atoms with Crippen LogP contribution in [0.25, 0.3) is 0 Å². The summed E-state index contributed by atoms with van der Waals surface area (Å²) in [5.41, 5.74) is 2.84. The van der Waals surface area contributed by atoms with Crippen molar-refractivity contribution in [2.24, 2.45) is 0 Å². The quantitative estimate of drug-likeness (QED) is 0.661. The van der Waals surface area contributed by atoms with Crippen LogP contribution in [0.1, 0.15) is 56.6 Å². The monoisotopic (exact) mass is 233 g/mol. The average molecular weight is 233 g/mol. The maximum atomic E-state index is 3.49. The molecule has 0 fully saturated rings. The second-order valence-electron chi connectivity index (χ2n) is 4.91. The van der Waals surface area contributed by atoms with Crippen LogP contribution in [0, 0.1) is 6.92 Å². The zero-order chi connectivity index (χ0) is 12.5. The molecule has 1 aromatic rings. The third-order valence-electron chi connectivity index (χ3n) is 3.35. The third kappa shape index (κ3) is 5.36. The van der Waals surface area contributed by atoms with Crippen molar-refractivity contribution in [3.05, 3.63) is 35.4 Å². The molecule has 96 valence electrons. The predicted molar refractivity (Wildman–Crippen MR) is 76.6 cm³/mol. The van der Waals surface area contributed by atoms with Crippen LogP contribution in [-0.2, 0) is 0 Å². The maximum Gasteiger partial charge on any atom is 0.00200 e. The van der Waals surface area contributed by atoms with E-state index in [0.29, 0.717) is 5.92 Å². The molecule has 0 amide bonds. The highest BCUT2D eigenvalue weighted by molar-refractivity contribution is 5.24. The first-order valence-electron chi connectivity index (χ1n) is 7.05. The second kappa shape index (κ2) is 8.30. The second-order valence-corrected chi connectivity index (χ2v) is 4.91. The fourth-order valence-electron chi connectivity index (χ4n) is 2.18. The van der Waals surface area contributed by atoms with E-state index in [1.807, 2.05) is 0 Å². The molecule has 1 nitrogen and oxygen atoms in total. The SMILES string of the molecule is CCCCCC(CNCC)c1ccc(C)cc1. The molecule has 1 atom stereocenters. The van der Waals surface area contributed by atoms with Crippen LogP contribution in [0.15, 0.2) is 24.3 Å². The highest BCUT2D eigenvalue weighted by atomic mass is 14.8. The van der Waals surface area contributed by atoms with Gasteiger partial charge in [0, 0.05) is 6.54 Å². The summed E-state index contributed by atoms with van der Waals surface area (Å²) < 4.78 is 0. The molecule has 0 radical (unpaired) electrons. The lowest BCUT2D eigenvalue weighted by Gasteiger charge is -2.18. The molecule has 1 N–H and O–H groups in total. The zero-order valence-electron chi connectivity index (χ0n) is 11.6. The molecule has 1 aromatic carbocycles. The number of likely N-dealkylation sites (N-methyl/N-ethyl adjacent to an activating group) is 1. The van der Waals surface area contributed by atoms with E-state index in [1.54, 1.807) is 0 Å². The van der Waals surface area contributed by atoms with Crippen molar-refractivity contribution in [2.75, 3.05) is 13.1 Å². The Hall–Kier alpha value is -0.820. The molecule has 0 bridgehead atoms. The number of hydrogen-bond donors (Lipinski definition) is 1. The summed E-state index contributed by atoms with van der Waals surface area (Å²) in [6.45, 7) is 8.78. The van der Waals surface area contributed by atoms with E-state index in [-0.39, 0.29) is 0 Å². The molecule has 1 heteroatoms. The normalized spacial score (nSPS) is 12.6.